The molecular formula is C23H23N3O2. The average Bonchev–Trinajstić information content (AvgIpc) is 3.32. The number of amidine groups is 1. The molecule has 28 heavy (non-hydrogen) atoms. The third-order valence-corrected chi connectivity index (χ3v) is 5.15. The summed E-state index contributed by atoms with van der Waals surface area (Å²) in [5.41, 5.74) is 8.03. The maximum Gasteiger partial charge on any atom is 0.227 e. The Morgan fingerprint density at radius 3 is 2.82 bits per heavy atom. The number of carbonyl (C=O) groups is 1. The zero-order chi connectivity index (χ0) is 19.5. The van der Waals surface area contributed by atoms with Gasteiger partial charge in [-0.3, -0.25) is 10.2 Å². The fraction of sp³-hybridized carbons (Fsp3) is 0.217. The smallest absolute Gasteiger partial charge is 0.227 e. The Hall–Kier alpha value is -3.34. The number of furan rings is 1. The lowest BCUT2D eigenvalue weighted by molar-refractivity contribution is -0.130. The van der Waals surface area contributed by atoms with Crippen molar-refractivity contribution in [1.82, 2.24) is 4.90 Å². The number of likely N-dealkylation sites (tertiary alicyclic amines) is 1. The van der Waals surface area contributed by atoms with Gasteiger partial charge >= 0.3 is 0 Å². The SMILES string of the molecule is N=C(N)c1ccc2oc(/C=C/[C@@H]3CCCN3C(=O)Cc3ccccc3)cc2c1. The number of nitrogen functional groups attached to an aromatic ring is 1. The number of fused-ring (bicyclic) bond motifs is 1. The summed E-state index contributed by atoms with van der Waals surface area (Å²) >= 11 is 0. The Kier molecular flexibility index (Phi) is 4.98. The van der Waals surface area contributed by atoms with Crippen LogP contribution in [0, 0.1) is 5.41 Å². The molecule has 1 aromatic heterocycles. The van der Waals surface area contributed by atoms with Gasteiger partial charge in [-0.25, -0.2) is 0 Å². The minimum Gasteiger partial charge on any atom is -0.457 e. The van der Waals surface area contributed by atoms with E-state index in [4.69, 9.17) is 15.6 Å². The lowest BCUT2D eigenvalue weighted by atomic mass is 10.1. The van der Waals surface area contributed by atoms with Gasteiger partial charge in [-0.2, -0.15) is 0 Å². The molecule has 142 valence electrons. The van der Waals surface area contributed by atoms with Crippen molar-refractivity contribution >= 4 is 28.8 Å². The van der Waals surface area contributed by atoms with Crippen molar-refractivity contribution in [3.63, 3.8) is 0 Å². The first-order chi connectivity index (χ1) is 13.6. The Bertz CT molecular complexity index is 1040. The van der Waals surface area contributed by atoms with Crippen LogP contribution < -0.4 is 5.73 Å². The molecule has 1 fully saturated rings. The molecule has 2 heterocycles. The second kappa shape index (κ2) is 7.72. The predicted octanol–water partition coefficient (Wildman–Crippen LogP) is 3.96. The van der Waals surface area contributed by atoms with Gasteiger partial charge in [0.25, 0.3) is 0 Å². The first-order valence-corrected chi connectivity index (χ1v) is 9.50. The Morgan fingerprint density at radius 2 is 2.04 bits per heavy atom. The van der Waals surface area contributed by atoms with E-state index >= 15 is 0 Å². The summed E-state index contributed by atoms with van der Waals surface area (Å²) in [7, 11) is 0. The molecule has 4 rings (SSSR count). The third-order valence-electron chi connectivity index (χ3n) is 5.15. The Labute approximate surface area is 164 Å². The number of nitrogens with zero attached hydrogens (tertiary/aromatic N) is 1. The summed E-state index contributed by atoms with van der Waals surface area (Å²) < 4.78 is 5.85. The van der Waals surface area contributed by atoms with Gasteiger partial charge in [0.15, 0.2) is 0 Å². The van der Waals surface area contributed by atoms with E-state index in [1.165, 1.54) is 0 Å². The summed E-state index contributed by atoms with van der Waals surface area (Å²) in [6, 6.07) is 17.3. The normalized spacial score (nSPS) is 16.9. The number of hydrogen-bond acceptors (Lipinski definition) is 3. The highest BCUT2D eigenvalue weighted by molar-refractivity contribution is 5.98. The van der Waals surface area contributed by atoms with Crippen LogP contribution >= 0.6 is 0 Å². The fourth-order valence-corrected chi connectivity index (χ4v) is 3.69. The van der Waals surface area contributed by atoms with Gasteiger partial charge in [0.05, 0.1) is 12.5 Å². The maximum atomic E-state index is 12.7. The van der Waals surface area contributed by atoms with Crippen molar-refractivity contribution in [2.24, 2.45) is 5.73 Å². The van der Waals surface area contributed by atoms with Gasteiger partial charge in [-0.1, -0.05) is 36.4 Å². The number of benzene rings is 2. The lowest BCUT2D eigenvalue weighted by Gasteiger charge is -2.22. The molecule has 3 N–H and O–H groups in total. The van der Waals surface area contributed by atoms with E-state index in [-0.39, 0.29) is 17.8 Å². The number of carbonyl (C=O) groups excluding carboxylic acids is 1. The van der Waals surface area contributed by atoms with Crippen molar-refractivity contribution in [2.75, 3.05) is 6.54 Å². The molecule has 2 aromatic carbocycles. The van der Waals surface area contributed by atoms with E-state index in [9.17, 15) is 4.79 Å². The van der Waals surface area contributed by atoms with Crippen LogP contribution in [0.15, 0.2) is 65.1 Å². The van der Waals surface area contributed by atoms with Crippen LogP contribution in [-0.2, 0) is 11.2 Å². The van der Waals surface area contributed by atoms with Crippen LogP contribution in [0.4, 0.5) is 0 Å². The van der Waals surface area contributed by atoms with Crippen LogP contribution in [-0.4, -0.2) is 29.2 Å². The third kappa shape index (κ3) is 3.83. The molecule has 3 aromatic rings. The molecule has 1 aliphatic rings. The molecule has 1 amide bonds. The first-order valence-electron chi connectivity index (χ1n) is 9.50. The summed E-state index contributed by atoms with van der Waals surface area (Å²) in [4.78, 5) is 14.7. The van der Waals surface area contributed by atoms with Crippen molar-refractivity contribution in [3.05, 3.63) is 77.6 Å². The van der Waals surface area contributed by atoms with Crippen LogP contribution in [0.2, 0.25) is 0 Å². The lowest BCUT2D eigenvalue weighted by Crippen LogP contribution is -2.35. The van der Waals surface area contributed by atoms with Crippen LogP contribution in [0.3, 0.4) is 0 Å². The van der Waals surface area contributed by atoms with Gasteiger partial charge in [-0.15, -0.1) is 0 Å². The highest BCUT2D eigenvalue weighted by atomic mass is 16.3. The van der Waals surface area contributed by atoms with E-state index in [1.54, 1.807) is 6.07 Å². The molecule has 1 atom stereocenters. The Balaban J connectivity index is 1.48. The van der Waals surface area contributed by atoms with Crippen molar-refractivity contribution in [3.8, 4) is 0 Å². The van der Waals surface area contributed by atoms with Crippen molar-refractivity contribution < 1.29 is 9.21 Å². The molecule has 0 bridgehead atoms. The highest BCUT2D eigenvalue weighted by Gasteiger charge is 2.26. The van der Waals surface area contributed by atoms with E-state index in [0.29, 0.717) is 12.0 Å². The number of rotatable bonds is 5. The second-order valence-corrected chi connectivity index (χ2v) is 7.13. The van der Waals surface area contributed by atoms with Crippen LogP contribution in [0.1, 0.15) is 29.7 Å². The number of nitrogens with two attached hydrogens (primary N) is 1. The predicted molar refractivity (Wildman–Crippen MR) is 111 cm³/mol. The molecule has 0 radical (unpaired) electrons. The van der Waals surface area contributed by atoms with Gasteiger partial charge < -0.3 is 15.1 Å². The van der Waals surface area contributed by atoms with Gasteiger partial charge in [-0.05, 0) is 48.7 Å². The van der Waals surface area contributed by atoms with Crippen molar-refractivity contribution in [2.45, 2.75) is 25.3 Å². The van der Waals surface area contributed by atoms with Gasteiger partial charge in [0.2, 0.25) is 5.91 Å². The molecule has 0 aliphatic carbocycles. The minimum atomic E-state index is 0.0405. The number of hydrogen-bond donors (Lipinski definition) is 2. The van der Waals surface area contributed by atoms with E-state index in [2.05, 4.69) is 6.08 Å². The molecular weight excluding hydrogens is 350 g/mol. The summed E-state index contributed by atoms with van der Waals surface area (Å²) in [6.07, 6.45) is 6.40. The van der Waals surface area contributed by atoms with Crippen LogP contribution in [0.5, 0.6) is 0 Å². The number of amides is 1. The van der Waals surface area contributed by atoms with Gasteiger partial charge in [0.1, 0.15) is 17.2 Å². The van der Waals surface area contributed by atoms with E-state index in [1.807, 2.05) is 59.5 Å². The van der Waals surface area contributed by atoms with Gasteiger partial charge in [0, 0.05) is 17.5 Å². The molecule has 1 saturated heterocycles. The zero-order valence-electron chi connectivity index (χ0n) is 15.6. The molecule has 5 heteroatoms. The number of nitrogens with one attached hydrogen (secondary N) is 1. The minimum absolute atomic E-state index is 0.0405. The molecule has 1 aliphatic heterocycles. The zero-order valence-corrected chi connectivity index (χ0v) is 15.6. The van der Waals surface area contributed by atoms with E-state index < -0.39 is 0 Å². The monoisotopic (exact) mass is 373 g/mol. The molecule has 0 saturated carbocycles. The molecule has 0 spiro atoms. The van der Waals surface area contributed by atoms with E-state index in [0.717, 1.165) is 41.7 Å². The first kappa shape index (κ1) is 18.0. The molecule has 5 nitrogen and oxygen atoms in total. The van der Waals surface area contributed by atoms with Crippen molar-refractivity contribution in [1.29, 1.82) is 5.41 Å². The maximum absolute atomic E-state index is 12.7. The Morgan fingerprint density at radius 1 is 1.21 bits per heavy atom. The fourth-order valence-electron chi connectivity index (χ4n) is 3.69. The summed E-state index contributed by atoms with van der Waals surface area (Å²) in [5, 5.41) is 8.46. The highest BCUT2D eigenvalue weighted by Crippen LogP contribution is 2.24. The quantitative estimate of drug-likeness (QED) is 0.524. The summed E-state index contributed by atoms with van der Waals surface area (Å²) in [6.45, 7) is 0.794. The molecule has 0 unspecified atom stereocenters. The topological polar surface area (TPSA) is 83.3 Å². The van der Waals surface area contributed by atoms with Crippen LogP contribution in [0.25, 0.3) is 17.0 Å². The second-order valence-electron chi connectivity index (χ2n) is 7.13. The standard InChI is InChI=1S/C23H23N3O2/c24-23(25)17-8-11-21-18(14-17)15-20(28-21)10-9-19-7-4-12-26(19)22(27)13-16-5-2-1-3-6-16/h1-3,5-6,8-11,14-15,19H,4,7,12-13H2,(H3,24,25)/b10-9+/t19-/m0/s1. The summed E-state index contributed by atoms with van der Waals surface area (Å²) in [5.74, 6) is 0.936. The largest absolute Gasteiger partial charge is 0.457 e. The average molecular weight is 373 g/mol.